The maximum absolute atomic E-state index is 10.7. The fourth-order valence-corrected chi connectivity index (χ4v) is 1.49. The zero-order chi connectivity index (χ0) is 13.0. The van der Waals surface area contributed by atoms with E-state index >= 15 is 0 Å². The van der Waals surface area contributed by atoms with Crippen LogP contribution in [0, 0.1) is 6.92 Å². The molecule has 0 bridgehead atoms. The van der Waals surface area contributed by atoms with Crippen molar-refractivity contribution >= 4 is 11.7 Å². The topological polar surface area (TPSA) is 64.3 Å². The van der Waals surface area contributed by atoms with E-state index in [9.17, 15) is 4.79 Å². The number of rotatable bonds is 3. The first-order chi connectivity index (χ1) is 8.63. The van der Waals surface area contributed by atoms with Gasteiger partial charge in [-0.25, -0.2) is 4.79 Å². The number of aryl methyl sites for hydroxylation is 1. The van der Waals surface area contributed by atoms with Crippen molar-refractivity contribution in [3.63, 3.8) is 0 Å². The number of nitrogens with two attached hydrogens (primary N) is 1. The maximum atomic E-state index is 10.7. The third-order valence-corrected chi connectivity index (χ3v) is 2.38. The lowest BCUT2D eigenvalue weighted by atomic mass is 10.2. The molecule has 18 heavy (non-hydrogen) atoms. The third-order valence-electron chi connectivity index (χ3n) is 2.38. The first-order valence-corrected chi connectivity index (χ1v) is 5.54. The monoisotopic (exact) mass is 242 g/mol. The first-order valence-electron chi connectivity index (χ1n) is 5.54. The molecule has 0 saturated heterocycles. The zero-order valence-corrected chi connectivity index (χ0v) is 10.0. The van der Waals surface area contributed by atoms with Gasteiger partial charge >= 0.3 is 6.03 Å². The van der Waals surface area contributed by atoms with Crippen molar-refractivity contribution in [1.29, 1.82) is 0 Å². The molecule has 0 aliphatic rings. The summed E-state index contributed by atoms with van der Waals surface area (Å²) in [5.74, 6) is 1.48. The number of urea groups is 1. The Bertz CT molecular complexity index is 533. The van der Waals surface area contributed by atoms with Crippen molar-refractivity contribution in [2.45, 2.75) is 6.92 Å². The Labute approximate surface area is 105 Å². The smallest absolute Gasteiger partial charge is 0.316 e. The largest absolute Gasteiger partial charge is 0.457 e. The SMILES string of the molecule is Cc1ccc(Oc2ccc(NC(N)=O)cc2)cc1. The molecule has 0 saturated carbocycles. The van der Waals surface area contributed by atoms with Gasteiger partial charge in [-0.3, -0.25) is 0 Å². The van der Waals surface area contributed by atoms with Crippen LogP contribution in [0.25, 0.3) is 0 Å². The zero-order valence-electron chi connectivity index (χ0n) is 10.0. The Morgan fingerprint density at radius 2 is 1.50 bits per heavy atom. The molecule has 0 aliphatic heterocycles. The summed E-state index contributed by atoms with van der Waals surface area (Å²) in [5, 5.41) is 2.49. The molecule has 0 unspecified atom stereocenters. The van der Waals surface area contributed by atoms with Crippen LogP contribution in [0.3, 0.4) is 0 Å². The fourth-order valence-electron chi connectivity index (χ4n) is 1.49. The Morgan fingerprint density at radius 1 is 1.00 bits per heavy atom. The van der Waals surface area contributed by atoms with E-state index < -0.39 is 6.03 Å². The molecule has 2 rings (SSSR count). The van der Waals surface area contributed by atoms with Crippen LogP contribution in [0.4, 0.5) is 10.5 Å². The number of anilines is 1. The number of hydrogen-bond donors (Lipinski definition) is 2. The Balaban J connectivity index is 2.06. The van der Waals surface area contributed by atoms with Gasteiger partial charge in [0.2, 0.25) is 0 Å². The summed E-state index contributed by atoms with van der Waals surface area (Å²) in [7, 11) is 0. The van der Waals surface area contributed by atoms with Gasteiger partial charge in [-0.05, 0) is 43.3 Å². The molecule has 92 valence electrons. The summed E-state index contributed by atoms with van der Waals surface area (Å²) in [5.41, 5.74) is 6.84. The highest BCUT2D eigenvalue weighted by Crippen LogP contribution is 2.23. The third kappa shape index (κ3) is 3.25. The second-order valence-corrected chi connectivity index (χ2v) is 3.93. The maximum Gasteiger partial charge on any atom is 0.316 e. The first kappa shape index (κ1) is 12.0. The minimum absolute atomic E-state index is 0.581. The summed E-state index contributed by atoms with van der Waals surface area (Å²) in [6.45, 7) is 2.02. The van der Waals surface area contributed by atoms with E-state index in [0.717, 1.165) is 5.75 Å². The summed E-state index contributed by atoms with van der Waals surface area (Å²) in [4.78, 5) is 10.7. The van der Waals surface area contributed by atoms with E-state index in [1.807, 2.05) is 31.2 Å². The van der Waals surface area contributed by atoms with Crippen LogP contribution >= 0.6 is 0 Å². The van der Waals surface area contributed by atoms with Gasteiger partial charge in [0.25, 0.3) is 0 Å². The van der Waals surface area contributed by atoms with E-state index in [4.69, 9.17) is 10.5 Å². The van der Waals surface area contributed by atoms with Crippen molar-refractivity contribution in [3.05, 3.63) is 54.1 Å². The quantitative estimate of drug-likeness (QED) is 0.867. The van der Waals surface area contributed by atoms with Gasteiger partial charge in [0.15, 0.2) is 0 Å². The molecule has 0 aromatic heterocycles. The van der Waals surface area contributed by atoms with Gasteiger partial charge in [-0.2, -0.15) is 0 Å². The molecule has 0 fully saturated rings. The van der Waals surface area contributed by atoms with E-state index in [1.54, 1.807) is 24.3 Å². The lowest BCUT2D eigenvalue weighted by molar-refractivity contribution is 0.259. The second kappa shape index (κ2) is 5.23. The number of ether oxygens (including phenoxy) is 1. The van der Waals surface area contributed by atoms with E-state index in [2.05, 4.69) is 5.32 Å². The highest BCUT2D eigenvalue weighted by atomic mass is 16.5. The molecule has 4 nitrogen and oxygen atoms in total. The molecule has 0 heterocycles. The molecule has 0 spiro atoms. The number of carbonyl (C=O) groups excluding carboxylic acids is 1. The van der Waals surface area contributed by atoms with Crippen LogP contribution in [0.5, 0.6) is 11.5 Å². The summed E-state index contributed by atoms with van der Waals surface area (Å²) in [6.07, 6.45) is 0. The van der Waals surface area contributed by atoms with Gasteiger partial charge in [0, 0.05) is 5.69 Å². The van der Waals surface area contributed by atoms with Crippen LogP contribution in [0.15, 0.2) is 48.5 Å². The van der Waals surface area contributed by atoms with E-state index in [-0.39, 0.29) is 0 Å². The van der Waals surface area contributed by atoms with Gasteiger partial charge in [-0.1, -0.05) is 17.7 Å². The molecule has 0 atom stereocenters. The highest BCUT2D eigenvalue weighted by Gasteiger charge is 1.99. The van der Waals surface area contributed by atoms with Crippen LogP contribution in [-0.2, 0) is 0 Å². The average Bonchev–Trinajstić information content (AvgIpc) is 2.34. The minimum Gasteiger partial charge on any atom is -0.457 e. The van der Waals surface area contributed by atoms with Crippen molar-refractivity contribution in [1.82, 2.24) is 0 Å². The van der Waals surface area contributed by atoms with Gasteiger partial charge in [0.05, 0.1) is 0 Å². The van der Waals surface area contributed by atoms with Crippen molar-refractivity contribution in [2.24, 2.45) is 5.73 Å². The Morgan fingerprint density at radius 3 is 2.00 bits per heavy atom. The van der Waals surface area contributed by atoms with Crippen LogP contribution in [-0.4, -0.2) is 6.03 Å². The molecule has 0 radical (unpaired) electrons. The Hall–Kier alpha value is -2.49. The molecule has 2 amide bonds. The number of hydrogen-bond acceptors (Lipinski definition) is 2. The molecule has 2 aromatic rings. The van der Waals surface area contributed by atoms with Gasteiger partial charge in [-0.15, -0.1) is 0 Å². The van der Waals surface area contributed by atoms with Gasteiger partial charge < -0.3 is 15.8 Å². The molecule has 0 aliphatic carbocycles. The van der Waals surface area contributed by atoms with Crippen molar-refractivity contribution < 1.29 is 9.53 Å². The van der Waals surface area contributed by atoms with Crippen molar-refractivity contribution in [2.75, 3.05) is 5.32 Å². The van der Waals surface area contributed by atoms with Crippen LogP contribution in [0.2, 0.25) is 0 Å². The Kier molecular flexibility index (Phi) is 3.48. The lowest BCUT2D eigenvalue weighted by Gasteiger charge is -2.07. The molecular formula is C14H14N2O2. The number of primary amides is 1. The highest BCUT2D eigenvalue weighted by molar-refractivity contribution is 5.87. The summed E-state index contributed by atoms with van der Waals surface area (Å²) >= 11 is 0. The van der Waals surface area contributed by atoms with E-state index in [0.29, 0.717) is 11.4 Å². The summed E-state index contributed by atoms with van der Waals surface area (Å²) < 4.78 is 5.65. The molecule has 4 heteroatoms. The summed E-state index contributed by atoms with van der Waals surface area (Å²) in [6, 6.07) is 14.2. The molecule has 2 aromatic carbocycles. The molecular weight excluding hydrogens is 228 g/mol. The van der Waals surface area contributed by atoms with Crippen LogP contribution in [0.1, 0.15) is 5.56 Å². The number of carbonyl (C=O) groups is 1. The number of amides is 2. The lowest BCUT2D eigenvalue weighted by Crippen LogP contribution is -2.19. The second-order valence-electron chi connectivity index (χ2n) is 3.93. The van der Waals surface area contributed by atoms with E-state index in [1.165, 1.54) is 5.56 Å². The normalized spacial score (nSPS) is 9.83. The predicted octanol–water partition coefficient (Wildman–Crippen LogP) is 3.28. The van der Waals surface area contributed by atoms with Crippen molar-refractivity contribution in [3.8, 4) is 11.5 Å². The number of nitrogens with one attached hydrogen (secondary N) is 1. The standard InChI is InChI=1S/C14H14N2O2/c1-10-2-6-12(7-3-10)18-13-8-4-11(5-9-13)16-14(15)17/h2-9H,1H3,(H3,15,16,17). The van der Waals surface area contributed by atoms with Gasteiger partial charge in [0.1, 0.15) is 11.5 Å². The minimum atomic E-state index is -0.581. The number of benzene rings is 2. The predicted molar refractivity (Wildman–Crippen MR) is 70.9 cm³/mol. The molecule has 3 N–H and O–H groups in total. The fraction of sp³-hybridized carbons (Fsp3) is 0.0714. The van der Waals surface area contributed by atoms with Crippen LogP contribution < -0.4 is 15.8 Å². The average molecular weight is 242 g/mol.